The lowest BCUT2D eigenvalue weighted by molar-refractivity contribution is 0.0160. The van der Waals surface area contributed by atoms with Crippen molar-refractivity contribution in [1.82, 2.24) is 19.4 Å². The Bertz CT molecular complexity index is 1310. The summed E-state index contributed by atoms with van der Waals surface area (Å²) in [5.74, 6) is -0.667. The van der Waals surface area contributed by atoms with Gasteiger partial charge in [0.1, 0.15) is 5.69 Å². The summed E-state index contributed by atoms with van der Waals surface area (Å²) in [6.45, 7) is 5.97. The summed E-state index contributed by atoms with van der Waals surface area (Å²) in [6, 6.07) is 5.95. The molecular weight excluding hydrogens is 524 g/mol. The van der Waals surface area contributed by atoms with Crippen molar-refractivity contribution in [3.05, 3.63) is 46.8 Å². The van der Waals surface area contributed by atoms with Gasteiger partial charge >= 0.3 is 5.97 Å². The molecule has 39 heavy (non-hydrogen) atoms. The Kier molecular flexibility index (Phi) is 8.36. The highest BCUT2D eigenvalue weighted by molar-refractivity contribution is 7.89. The van der Waals surface area contributed by atoms with E-state index in [1.807, 2.05) is 6.92 Å². The minimum atomic E-state index is -3.71. The number of carbonyl (C=O) groups excluding carboxylic acids is 2. The van der Waals surface area contributed by atoms with Crippen LogP contribution >= 0.6 is 0 Å². The summed E-state index contributed by atoms with van der Waals surface area (Å²) >= 11 is 0. The number of amides is 1. The molecule has 3 aliphatic rings. The Morgan fingerprint density at radius 2 is 1.90 bits per heavy atom. The quantitative estimate of drug-likeness (QED) is 0.382. The molecule has 1 aromatic heterocycles. The first-order valence-corrected chi connectivity index (χ1v) is 15.1. The number of aromatic nitrogens is 2. The molecule has 0 aliphatic carbocycles. The van der Waals surface area contributed by atoms with E-state index in [1.54, 1.807) is 16.8 Å². The van der Waals surface area contributed by atoms with Crippen molar-refractivity contribution < 1.29 is 32.2 Å². The summed E-state index contributed by atoms with van der Waals surface area (Å²) in [7, 11) is -3.71. The predicted molar refractivity (Wildman–Crippen MR) is 141 cm³/mol. The zero-order valence-electron chi connectivity index (χ0n) is 22.3. The highest BCUT2D eigenvalue weighted by Gasteiger charge is 2.39. The number of ether oxygens (including phenoxy) is 3. The smallest absolute Gasteiger partial charge is 0.338 e. The lowest BCUT2D eigenvalue weighted by Gasteiger charge is -2.36. The molecule has 2 aromatic rings. The van der Waals surface area contributed by atoms with Gasteiger partial charge in [-0.2, -0.15) is 9.40 Å². The van der Waals surface area contributed by atoms with Crippen LogP contribution in [0.15, 0.2) is 29.2 Å². The molecule has 1 N–H and O–H groups in total. The van der Waals surface area contributed by atoms with E-state index in [2.05, 4.69) is 5.32 Å². The lowest BCUT2D eigenvalue weighted by Crippen LogP contribution is -2.40. The third kappa shape index (κ3) is 5.88. The zero-order valence-corrected chi connectivity index (χ0v) is 23.1. The van der Waals surface area contributed by atoms with E-state index in [-0.39, 0.29) is 41.5 Å². The van der Waals surface area contributed by atoms with Crippen molar-refractivity contribution in [2.24, 2.45) is 5.41 Å². The van der Waals surface area contributed by atoms with Gasteiger partial charge in [-0.3, -0.25) is 9.48 Å². The Morgan fingerprint density at radius 1 is 1.15 bits per heavy atom. The van der Waals surface area contributed by atoms with Crippen LogP contribution in [0, 0.1) is 5.41 Å². The van der Waals surface area contributed by atoms with Gasteiger partial charge in [-0.25, -0.2) is 13.2 Å². The summed E-state index contributed by atoms with van der Waals surface area (Å²) in [6.07, 6.45) is 3.64. The lowest BCUT2D eigenvalue weighted by atomic mass is 9.75. The molecule has 4 heterocycles. The number of rotatable bonds is 8. The summed E-state index contributed by atoms with van der Waals surface area (Å²) in [5, 5.41) is 7.85. The van der Waals surface area contributed by atoms with Crippen molar-refractivity contribution in [2.45, 2.75) is 50.5 Å². The number of hydrogen-bond acceptors (Lipinski definition) is 8. The van der Waals surface area contributed by atoms with Gasteiger partial charge in [-0.15, -0.1) is 0 Å². The SMILES string of the molecule is CCn1nc(CCCOC(=O)c2cccc(S(=O)(=O)N3CCOCC3)c2)c2c1C(=O)NCC1(CCOCC1)C2. The molecule has 1 spiro atoms. The second kappa shape index (κ2) is 11.7. The van der Waals surface area contributed by atoms with Gasteiger partial charge < -0.3 is 19.5 Å². The van der Waals surface area contributed by atoms with E-state index in [1.165, 1.54) is 16.4 Å². The first-order valence-electron chi connectivity index (χ1n) is 13.6. The van der Waals surface area contributed by atoms with Crippen LogP contribution in [0.5, 0.6) is 0 Å². The molecule has 1 amide bonds. The molecule has 0 saturated carbocycles. The maximum atomic E-state index is 13.0. The molecular formula is C27H36N4O7S. The van der Waals surface area contributed by atoms with Crippen LogP contribution in [0.4, 0.5) is 0 Å². The van der Waals surface area contributed by atoms with Gasteiger partial charge in [0.2, 0.25) is 10.0 Å². The second-order valence-corrected chi connectivity index (χ2v) is 12.3. The molecule has 0 bridgehead atoms. The fourth-order valence-electron chi connectivity index (χ4n) is 5.57. The van der Waals surface area contributed by atoms with Crippen LogP contribution in [-0.4, -0.2) is 87.0 Å². The highest BCUT2D eigenvalue weighted by atomic mass is 32.2. The fourth-order valence-corrected chi connectivity index (χ4v) is 7.03. The third-order valence-corrected chi connectivity index (χ3v) is 9.74. The Labute approximate surface area is 228 Å². The molecule has 0 unspecified atom stereocenters. The summed E-state index contributed by atoms with van der Waals surface area (Å²) < 4.78 is 45.4. The van der Waals surface area contributed by atoms with Gasteiger partial charge in [0.05, 0.1) is 36.0 Å². The maximum absolute atomic E-state index is 13.0. The highest BCUT2D eigenvalue weighted by Crippen LogP contribution is 2.37. The average molecular weight is 561 g/mol. The molecule has 2 fully saturated rings. The molecule has 2 saturated heterocycles. The molecule has 12 heteroatoms. The second-order valence-electron chi connectivity index (χ2n) is 10.3. The average Bonchev–Trinajstić information content (AvgIpc) is 3.24. The van der Waals surface area contributed by atoms with Crippen LogP contribution in [-0.2, 0) is 43.6 Å². The molecule has 3 aliphatic heterocycles. The monoisotopic (exact) mass is 560 g/mol. The molecule has 212 valence electrons. The number of nitrogens with one attached hydrogen (secondary N) is 1. The number of sulfonamides is 1. The van der Waals surface area contributed by atoms with Crippen molar-refractivity contribution >= 4 is 21.9 Å². The number of benzene rings is 1. The number of aryl methyl sites for hydroxylation is 2. The van der Waals surface area contributed by atoms with Crippen LogP contribution in [0.25, 0.3) is 0 Å². The van der Waals surface area contributed by atoms with Crippen LogP contribution < -0.4 is 5.32 Å². The van der Waals surface area contributed by atoms with E-state index < -0.39 is 16.0 Å². The van der Waals surface area contributed by atoms with Crippen molar-refractivity contribution in [2.75, 3.05) is 52.7 Å². The number of morpholine rings is 1. The molecule has 11 nitrogen and oxygen atoms in total. The molecule has 1 aromatic carbocycles. The Balaban J connectivity index is 1.23. The largest absolute Gasteiger partial charge is 0.462 e. The predicted octanol–water partition coefficient (Wildman–Crippen LogP) is 1.80. The van der Waals surface area contributed by atoms with Gasteiger partial charge in [0.15, 0.2) is 0 Å². The van der Waals surface area contributed by atoms with Crippen LogP contribution in [0.3, 0.4) is 0 Å². The molecule has 0 radical (unpaired) electrons. The van der Waals surface area contributed by atoms with E-state index in [0.29, 0.717) is 58.1 Å². The number of fused-ring (bicyclic) bond motifs is 1. The van der Waals surface area contributed by atoms with E-state index in [9.17, 15) is 18.0 Å². The summed E-state index contributed by atoms with van der Waals surface area (Å²) in [4.78, 5) is 25.8. The number of carbonyl (C=O) groups is 2. The van der Waals surface area contributed by atoms with E-state index >= 15 is 0 Å². The minimum absolute atomic E-state index is 0.0332. The molecule has 5 rings (SSSR count). The number of esters is 1. The third-order valence-electron chi connectivity index (χ3n) is 7.85. The standard InChI is InChI=1S/C27H36N4O7S/c1-2-31-24-22(18-27(19-28-25(24)32)8-13-36-14-9-27)23(29-31)7-4-12-38-26(33)20-5-3-6-21(17-20)39(34,35)30-10-15-37-16-11-30/h3,5-6,17H,2,4,7-16,18-19H2,1H3,(H,28,32). The fraction of sp³-hybridized carbons (Fsp3) is 0.593. The maximum Gasteiger partial charge on any atom is 0.338 e. The zero-order chi connectivity index (χ0) is 27.5. The first-order chi connectivity index (χ1) is 18.8. The number of nitrogens with zero attached hydrogens (tertiary/aromatic N) is 3. The van der Waals surface area contributed by atoms with Gasteiger partial charge in [-0.1, -0.05) is 6.07 Å². The first kappa shape index (κ1) is 27.8. The molecule has 0 atom stereocenters. The minimum Gasteiger partial charge on any atom is -0.462 e. The van der Waals surface area contributed by atoms with Crippen molar-refractivity contribution in [3.63, 3.8) is 0 Å². The van der Waals surface area contributed by atoms with E-state index in [4.69, 9.17) is 19.3 Å². The number of hydrogen-bond donors (Lipinski definition) is 1. The van der Waals surface area contributed by atoms with Crippen LogP contribution in [0.2, 0.25) is 0 Å². The van der Waals surface area contributed by atoms with Crippen molar-refractivity contribution in [1.29, 1.82) is 0 Å². The van der Waals surface area contributed by atoms with Crippen molar-refractivity contribution in [3.8, 4) is 0 Å². The Hall–Kier alpha value is -2.80. The van der Waals surface area contributed by atoms with Gasteiger partial charge in [0, 0.05) is 45.0 Å². The van der Waals surface area contributed by atoms with E-state index in [0.717, 1.165) is 30.5 Å². The Morgan fingerprint density at radius 3 is 2.64 bits per heavy atom. The van der Waals surface area contributed by atoms with Gasteiger partial charge in [0.25, 0.3) is 5.91 Å². The normalized spacial score (nSPS) is 19.8. The topological polar surface area (TPSA) is 129 Å². The van der Waals surface area contributed by atoms with Gasteiger partial charge in [-0.05, 0) is 62.6 Å². The summed E-state index contributed by atoms with van der Waals surface area (Å²) in [5.41, 5.74) is 2.64. The van der Waals surface area contributed by atoms with Crippen LogP contribution in [0.1, 0.15) is 58.3 Å².